The number of nitrogen functional groups attached to an aromatic ring is 1. The molecule has 22 heavy (non-hydrogen) atoms. The van der Waals surface area contributed by atoms with Crippen molar-refractivity contribution in [2.45, 2.75) is 0 Å². The van der Waals surface area contributed by atoms with Crippen LogP contribution in [0.4, 0.5) is 17.3 Å². The van der Waals surface area contributed by atoms with Gasteiger partial charge in [-0.2, -0.15) is 0 Å². The van der Waals surface area contributed by atoms with E-state index >= 15 is 0 Å². The number of nitrogens with two attached hydrogens (primary N) is 1. The van der Waals surface area contributed by atoms with Crippen LogP contribution in [0.5, 0.6) is 0 Å². The van der Waals surface area contributed by atoms with Crippen molar-refractivity contribution in [2.75, 3.05) is 55.9 Å². The van der Waals surface area contributed by atoms with Gasteiger partial charge in [0, 0.05) is 55.8 Å². The number of aliphatic hydroxyl groups excluding tert-OH is 2. The minimum atomic E-state index is 0.0240. The summed E-state index contributed by atoms with van der Waals surface area (Å²) in [5.41, 5.74) is 9.41. The van der Waals surface area contributed by atoms with Gasteiger partial charge in [-0.1, -0.05) is 0 Å². The highest BCUT2D eigenvalue weighted by Gasteiger charge is 2.12. The SMILES string of the molecule is CN(C)c1cc(-c2cc(N(CCO)CCO)ccc2N)co1. The minimum absolute atomic E-state index is 0.0240. The van der Waals surface area contributed by atoms with Crippen molar-refractivity contribution in [1.82, 2.24) is 0 Å². The van der Waals surface area contributed by atoms with Crippen molar-refractivity contribution in [2.24, 2.45) is 0 Å². The summed E-state index contributed by atoms with van der Waals surface area (Å²) >= 11 is 0. The molecular weight excluding hydrogens is 282 g/mol. The lowest BCUT2D eigenvalue weighted by Crippen LogP contribution is -2.29. The first kappa shape index (κ1) is 16.2. The van der Waals surface area contributed by atoms with Gasteiger partial charge in [0.05, 0.1) is 13.2 Å². The van der Waals surface area contributed by atoms with E-state index in [0.29, 0.717) is 18.8 Å². The zero-order chi connectivity index (χ0) is 16.1. The summed E-state index contributed by atoms with van der Waals surface area (Å²) < 4.78 is 5.51. The first-order valence-corrected chi connectivity index (χ1v) is 7.19. The van der Waals surface area contributed by atoms with E-state index in [4.69, 9.17) is 20.4 Å². The lowest BCUT2D eigenvalue weighted by atomic mass is 10.1. The average molecular weight is 305 g/mol. The fourth-order valence-corrected chi connectivity index (χ4v) is 2.30. The van der Waals surface area contributed by atoms with E-state index in [1.807, 2.05) is 48.2 Å². The molecule has 6 heteroatoms. The Labute approximate surface area is 130 Å². The molecular formula is C16H23N3O3. The Morgan fingerprint density at radius 2 is 1.77 bits per heavy atom. The van der Waals surface area contributed by atoms with Gasteiger partial charge in [0.2, 0.25) is 0 Å². The molecule has 0 saturated heterocycles. The highest BCUT2D eigenvalue weighted by atomic mass is 16.3. The van der Waals surface area contributed by atoms with Crippen molar-refractivity contribution in [3.8, 4) is 11.1 Å². The zero-order valence-corrected chi connectivity index (χ0v) is 13.0. The van der Waals surface area contributed by atoms with Gasteiger partial charge in [-0.25, -0.2) is 0 Å². The van der Waals surface area contributed by atoms with Gasteiger partial charge >= 0.3 is 0 Å². The first-order valence-electron chi connectivity index (χ1n) is 7.19. The Morgan fingerprint density at radius 1 is 1.09 bits per heavy atom. The summed E-state index contributed by atoms with van der Waals surface area (Å²) in [5, 5.41) is 18.3. The zero-order valence-electron chi connectivity index (χ0n) is 13.0. The molecule has 0 unspecified atom stereocenters. The molecule has 0 aliphatic heterocycles. The number of benzene rings is 1. The van der Waals surface area contributed by atoms with Crippen LogP contribution in [0.25, 0.3) is 11.1 Å². The summed E-state index contributed by atoms with van der Waals surface area (Å²) in [6, 6.07) is 7.59. The van der Waals surface area contributed by atoms with Crippen LogP contribution in [0, 0.1) is 0 Å². The van der Waals surface area contributed by atoms with Gasteiger partial charge in [0.25, 0.3) is 0 Å². The van der Waals surface area contributed by atoms with Crippen molar-refractivity contribution in [3.05, 3.63) is 30.5 Å². The van der Waals surface area contributed by atoms with E-state index in [1.165, 1.54) is 0 Å². The van der Waals surface area contributed by atoms with Gasteiger partial charge in [-0.05, 0) is 18.2 Å². The van der Waals surface area contributed by atoms with Gasteiger partial charge in [-0.15, -0.1) is 0 Å². The Balaban J connectivity index is 2.36. The standard InChI is InChI=1S/C16H23N3O3/c1-18(2)16-9-12(11-22-16)14-10-13(3-4-15(14)17)19(5-7-20)6-8-21/h3-4,9-11,20-21H,5-8,17H2,1-2H3. The number of hydrogen-bond donors (Lipinski definition) is 3. The Kier molecular flexibility index (Phi) is 5.30. The molecule has 2 rings (SSSR count). The molecule has 0 aliphatic rings. The number of nitrogens with zero attached hydrogens (tertiary/aromatic N) is 2. The van der Waals surface area contributed by atoms with Crippen LogP contribution in [0.2, 0.25) is 0 Å². The molecule has 0 atom stereocenters. The number of furan rings is 1. The smallest absolute Gasteiger partial charge is 0.195 e. The summed E-state index contributed by atoms with van der Waals surface area (Å²) in [7, 11) is 3.82. The van der Waals surface area contributed by atoms with Crippen molar-refractivity contribution in [3.63, 3.8) is 0 Å². The van der Waals surface area contributed by atoms with Gasteiger partial charge in [0.15, 0.2) is 5.88 Å². The molecule has 120 valence electrons. The van der Waals surface area contributed by atoms with Gasteiger partial charge in [-0.3, -0.25) is 0 Å². The number of aliphatic hydroxyl groups is 2. The number of rotatable bonds is 7. The molecule has 1 aromatic heterocycles. The topological polar surface area (TPSA) is 86.1 Å². The molecule has 0 aliphatic carbocycles. The maximum absolute atomic E-state index is 9.16. The highest BCUT2D eigenvalue weighted by molar-refractivity contribution is 5.80. The van der Waals surface area contributed by atoms with Crippen LogP contribution in [-0.2, 0) is 0 Å². The monoisotopic (exact) mass is 305 g/mol. The third-order valence-corrected chi connectivity index (χ3v) is 3.48. The van der Waals surface area contributed by atoms with Crippen LogP contribution in [0.1, 0.15) is 0 Å². The summed E-state index contributed by atoms with van der Waals surface area (Å²) in [6.45, 7) is 0.961. The average Bonchev–Trinajstić information content (AvgIpc) is 2.97. The van der Waals surface area contributed by atoms with Crippen LogP contribution < -0.4 is 15.5 Å². The van der Waals surface area contributed by atoms with Crippen LogP contribution in [0.15, 0.2) is 34.9 Å². The van der Waals surface area contributed by atoms with E-state index in [2.05, 4.69) is 0 Å². The Bertz CT molecular complexity index is 604. The van der Waals surface area contributed by atoms with E-state index < -0.39 is 0 Å². The highest BCUT2D eigenvalue weighted by Crippen LogP contribution is 2.33. The molecule has 0 saturated carbocycles. The van der Waals surface area contributed by atoms with E-state index in [9.17, 15) is 0 Å². The predicted molar refractivity (Wildman–Crippen MR) is 89.3 cm³/mol. The molecule has 2 aromatic rings. The van der Waals surface area contributed by atoms with E-state index in [1.54, 1.807) is 6.26 Å². The van der Waals surface area contributed by atoms with Crippen molar-refractivity contribution in [1.29, 1.82) is 0 Å². The molecule has 1 aromatic carbocycles. The predicted octanol–water partition coefficient (Wildman–Crippen LogP) is 1.39. The molecule has 0 radical (unpaired) electrons. The number of anilines is 3. The summed E-state index contributed by atoms with van der Waals surface area (Å²) in [5.74, 6) is 0.752. The molecule has 1 heterocycles. The van der Waals surface area contributed by atoms with Gasteiger partial charge in [0.1, 0.15) is 6.26 Å². The molecule has 4 N–H and O–H groups in total. The third kappa shape index (κ3) is 3.52. The van der Waals surface area contributed by atoms with Crippen LogP contribution >= 0.6 is 0 Å². The summed E-state index contributed by atoms with van der Waals surface area (Å²) in [6.07, 6.45) is 1.67. The maximum Gasteiger partial charge on any atom is 0.195 e. The largest absolute Gasteiger partial charge is 0.448 e. The van der Waals surface area contributed by atoms with Crippen LogP contribution in [0.3, 0.4) is 0 Å². The normalized spacial score (nSPS) is 10.7. The molecule has 0 spiro atoms. The van der Waals surface area contributed by atoms with Crippen molar-refractivity contribution >= 4 is 17.3 Å². The lowest BCUT2D eigenvalue weighted by molar-refractivity contribution is 0.281. The Morgan fingerprint density at radius 3 is 2.32 bits per heavy atom. The molecule has 0 amide bonds. The summed E-state index contributed by atoms with van der Waals surface area (Å²) in [4.78, 5) is 3.79. The van der Waals surface area contributed by atoms with E-state index in [-0.39, 0.29) is 13.2 Å². The quantitative estimate of drug-likeness (QED) is 0.670. The number of hydrogen-bond acceptors (Lipinski definition) is 6. The fourth-order valence-electron chi connectivity index (χ4n) is 2.30. The second kappa shape index (κ2) is 7.20. The first-order chi connectivity index (χ1) is 10.6. The Hall–Kier alpha value is -2.18. The fraction of sp³-hybridized carbons (Fsp3) is 0.375. The van der Waals surface area contributed by atoms with Crippen LogP contribution in [-0.4, -0.2) is 50.6 Å². The van der Waals surface area contributed by atoms with Crippen molar-refractivity contribution < 1.29 is 14.6 Å². The lowest BCUT2D eigenvalue weighted by Gasteiger charge is -2.23. The molecule has 0 bridgehead atoms. The maximum atomic E-state index is 9.16. The molecule has 6 nitrogen and oxygen atoms in total. The minimum Gasteiger partial charge on any atom is -0.448 e. The van der Waals surface area contributed by atoms with E-state index in [0.717, 1.165) is 22.7 Å². The second-order valence-corrected chi connectivity index (χ2v) is 5.27. The molecule has 0 fully saturated rings. The van der Waals surface area contributed by atoms with Gasteiger partial charge < -0.3 is 30.2 Å². The second-order valence-electron chi connectivity index (χ2n) is 5.27. The third-order valence-electron chi connectivity index (χ3n) is 3.48.